The molecular formula is C13H12F3NO2. The fraction of sp³-hybridized carbons (Fsp3) is 0.308. The van der Waals surface area contributed by atoms with E-state index in [4.69, 9.17) is 10.8 Å². The van der Waals surface area contributed by atoms with Gasteiger partial charge in [-0.05, 0) is 24.6 Å². The number of carbonyl (C=O) groups is 1. The Bertz CT molecular complexity index is 541. The molecule has 0 spiro atoms. The van der Waals surface area contributed by atoms with E-state index >= 15 is 0 Å². The first-order valence-corrected chi connectivity index (χ1v) is 5.37. The van der Waals surface area contributed by atoms with Gasteiger partial charge in [-0.3, -0.25) is 4.79 Å². The highest BCUT2D eigenvalue weighted by Gasteiger charge is 2.32. The first kappa shape index (κ1) is 15.1. The van der Waals surface area contributed by atoms with Crippen LogP contribution >= 0.6 is 0 Å². The van der Waals surface area contributed by atoms with Crippen LogP contribution in [0.1, 0.15) is 23.1 Å². The van der Waals surface area contributed by atoms with Crippen molar-refractivity contribution < 1.29 is 23.1 Å². The van der Waals surface area contributed by atoms with Crippen molar-refractivity contribution in [3.8, 4) is 11.8 Å². The number of halogens is 3. The maximum atomic E-state index is 12.6. The molecule has 19 heavy (non-hydrogen) atoms. The van der Waals surface area contributed by atoms with Crippen LogP contribution in [0.25, 0.3) is 0 Å². The van der Waals surface area contributed by atoms with Crippen molar-refractivity contribution >= 4 is 5.97 Å². The fourth-order valence-electron chi connectivity index (χ4n) is 1.36. The van der Waals surface area contributed by atoms with Crippen molar-refractivity contribution in [1.29, 1.82) is 0 Å². The van der Waals surface area contributed by atoms with Gasteiger partial charge in [0.2, 0.25) is 0 Å². The number of carboxylic acid groups (broad SMARTS) is 1. The van der Waals surface area contributed by atoms with Crippen LogP contribution in [0.4, 0.5) is 13.2 Å². The lowest BCUT2D eigenvalue weighted by atomic mass is 10.0. The molecule has 0 saturated heterocycles. The number of hydrogen-bond acceptors (Lipinski definition) is 2. The average molecular weight is 271 g/mol. The van der Waals surface area contributed by atoms with E-state index in [0.29, 0.717) is 0 Å². The Morgan fingerprint density at radius 3 is 2.63 bits per heavy atom. The molecule has 0 aliphatic heterocycles. The molecule has 1 rings (SSSR count). The molecule has 0 radical (unpaired) electrons. The van der Waals surface area contributed by atoms with E-state index in [1.54, 1.807) is 0 Å². The second-order valence-electron chi connectivity index (χ2n) is 3.98. The highest BCUT2D eigenvalue weighted by Crippen LogP contribution is 2.32. The Labute approximate surface area is 108 Å². The number of hydrogen-bond donors (Lipinski definition) is 2. The number of nitrogens with two attached hydrogens (primary N) is 1. The molecular weight excluding hydrogens is 259 g/mol. The van der Waals surface area contributed by atoms with Crippen molar-refractivity contribution in [2.75, 3.05) is 0 Å². The lowest BCUT2D eigenvalue weighted by molar-refractivity contribution is -0.139. The molecule has 0 aliphatic carbocycles. The second-order valence-corrected chi connectivity index (χ2v) is 3.98. The molecule has 0 unspecified atom stereocenters. The molecule has 0 aromatic heterocycles. The third kappa shape index (κ3) is 4.30. The topological polar surface area (TPSA) is 63.3 Å². The van der Waals surface area contributed by atoms with E-state index < -0.39 is 23.8 Å². The number of aryl methyl sites for hydroxylation is 1. The maximum Gasteiger partial charge on any atom is 0.416 e. The van der Waals surface area contributed by atoms with Crippen molar-refractivity contribution in [2.24, 2.45) is 5.73 Å². The first-order valence-electron chi connectivity index (χ1n) is 5.37. The molecule has 0 saturated carbocycles. The molecule has 102 valence electrons. The van der Waals surface area contributed by atoms with E-state index in [2.05, 4.69) is 11.8 Å². The molecule has 6 heteroatoms. The van der Waals surface area contributed by atoms with E-state index in [0.717, 1.165) is 6.07 Å². The fourth-order valence-corrected chi connectivity index (χ4v) is 1.36. The summed E-state index contributed by atoms with van der Waals surface area (Å²) in [6.45, 7) is 1.36. The third-order valence-electron chi connectivity index (χ3n) is 2.41. The molecule has 3 nitrogen and oxygen atoms in total. The van der Waals surface area contributed by atoms with Crippen LogP contribution in [0.2, 0.25) is 0 Å². The van der Waals surface area contributed by atoms with Crippen molar-refractivity contribution in [3.05, 3.63) is 34.9 Å². The lowest BCUT2D eigenvalue weighted by Gasteiger charge is -2.10. The van der Waals surface area contributed by atoms with Gasteiger partial charge in [0.25, 0.3) is 0 Å². The monoisotopic (exact) mass is 271 g/mol. The number of benzene rings is 1. The standard InChI is InChI=1S/C13H12F3NO2/c1-8-5-6-9(7-10(8)13(14,15)16)3-2-4-11(17)12(18)19/h5-7,11H,4,17H2,1H3,(H,18,19)/t11-/m0/s1. The summed E-state index contributed by atoms with van der Waals surface area (Å²) in [5.74, 6) is 3.73. The van der Waals surface area contributed by atoms with Crippen LogP contribution in [0.3, 0.4) is 0 Å². The van der Waals surface area contributed by atoms with Crippen molar-refractivity contribution in [1.82, 2.24) is 0 Å². The Morgan fingerprint density at radius 2 is 2.11 bits per heavy atom. The zero-order valence-electron chi connectivity index (χ0n) is 10.1. The van der Waals surface area contributed by atoms with Crippen molar-refractivity contribution in [2.45, 2.75) is 25.6 Å². The summed E-state index contributed by atoms with van der Waals surface area (Å²) in [7, 11) is 0. The molecule has 0 heterocycles. The van der Waals surface area contributed by atoms with Crippen LogP contribution in [-0.2, 0) is 11.0 Å². The highest BCUT2D eigenvalue weighted by molar-refractivity contribution is 5.73. The lowest BCUT2D eigenvalue weighted by Crippen LogP contribution is -2.29. The van der Waals surface area contributed by atoms with Gasteiger partial charge in [-0.25, -0.2) is 0 Å². The Morgan fingerprint density at radius 1 is 1.47 bits per heavy atom. The summed E-state index contributed by atoms with van der Waals surface area (Å²) >= 11 is 0. The Balaban J connectivity index is 2.93. The molecule has 3 N–H and O–H groups in total. The van der Waals surface area contributed by atoms with Gasteiger partial charge in [0, 0.05) is 12.0 Å². The van der Waals surface area contributed by atoms with Gasteiger partial charge in [0.05, 0.1) is 5.56 Å². The van der Waals surface area contributed by atoms with E-state index in [1.165, 1.54) is 19.1 Å². The van der Waals surface area contributed by atoms with E-state index in [-0.39, 0.29) is 17.5 Å². The molecule has 0 amide bonds. The van der Waals surface area contributed by atoms with E-state index in [9.17, 15) is 18.0 Å². The van der Waals surface area contributed by atoms with Crippen LogP contribution in [0, 0.1) is 18.8 Å². The number of aliphatic carboxylic acids is 1. The minimum Gasteiger partial charge on any atom is -0.480 e. The van der Waals surface area contributed by atoms with Gasteiger partial charge in [0.15, 0.2) is 0 Å². The van der Waals surface area contributed by atoms with Gasteiger partial charge in [-0.2, -0.15) is 13.2 Å². The second kappa shape index (κ2) is 5.76. The number of rotatable bonds is 2. The van der Waals surface area contributed by atoms with Crippen molar-refractivity contribution in [3.63, 3.8) is 0 Å². The molecule has 1 atom stereocenters. The van der Waals surface area contributed by atoms with Gasteiger partial charge < -0.3 is 10.8 Å². The SMILES string of the molecule is Cc1ccc(C#CC[C@H](N)C(=O)O)cc1C(F)(F)F. The average Bonchev–Trinajstić information content (AvgIpc) is 2.29. The Hall–Kier alpha value is -2.00. The van der Waals surface area contributed by atoms with Crippen LogP contribution < -0.4 is 5.73 Å². The minimum atomic E-state index is -4.43. The van der Waals surface area contributed by atoms with Crippen LogP contribution in [-0.4, -0.2) is 17.1 Å². The minimum absolute atomic E-state index is 0.111. The quantitative estimate of drug-likeness (QED) is 0.810. The molecule has 0 bridgehead atoms. The third-order valence-corrected chi connectivity index (χ3v) is 2.41. The summed E-state index contributed by atoms with van der Waals surface area (Å²) in [5.41, 5.74) is 4.76. The molecule has 0 aliphatic rings. The van der Waals surface area contributed by atoms with Gasteiger partial charge in [-0.15, -0.1) is 0 Å². The Kier molecular flexibility index (Phi) is 4.57. The van der Waals surface area contributed by atoms with Gasteiger partial charge in [0.1, 0.15) is 6.04 Å². The maximum absolute atomic E-state index is 12.6. The predicted molar refractivity (Wildman–Crippen MR) is 63.3 cm³/mol. The summed E-state index contributed by atoms with van der Waals surface area (Å²) < 4.78 is 37.9. The number of carboxylic acids is 1. The molecule has 1 aromatic rings. The number of alkyl halides is 3. The predicted octanol–water partition coefficient (Wildman–Crippen LogP) is 2.17. The molecule has 0 fully saturated rings. The largest absolute Gasteiger partial charge is 0.480 e. The van der Waals surface area contributed by atoms with E-state index in [1.807, 2.05) is 0 Å². The zero-order chi connectivity index (χ0) is 14.6. The summed E-state index contributed by atoms with van der Waals surface area (Å²) in [6, 6.07) is 2.57. The van der Waals surface area contributed by atoms with Gasteiger partial charge in [-0.1, -0.05) is 17.9 Å². The highest BCUT2D eigenvalue weighted by atomic mass is 19.4. The van der Waals surface area contributed by atoms with Crippen LogP contribution in [0.15, 0.2) is 18.2 Å². The molecule has 1 aromatic carbocycles. The first-order chi connectivity index (χ1) is 8.71. The smallest absolute Gasteiger partial charge is 0.416 e. The van der Waals surface area contributed by atoms with Gasteiger partial charge >= 0.3 is 12.1 Å². The zero-order valence-corrected chi connectivity index (χ0v) is 10.1. The normalized spacial score (nSPS) is 12.5. The summed E-state index contributed by atoms with van der Waals surface area (Å²) in [6.07, 6.45) is -4.55. The summed E-state index contributed by atoms with van der Waals surface area (Å²) in [4.78, 5) is 10.4. The van der Waals surface area contributed by atoms with Crippen LogP contribution in [0.5, 0.6) is 0 Å². The summed E-state index contributed by atoms with van der Waals surface area (Å²) in [5, 5.41) is 8.52.